The van der Waals surface area contributed by atoms with Gasteiger partial charge in [0.25, 0.3) is 0 Å². The number of nitrogens with two attached hydrogens (primary N) is 2. The maximum absolute atomic E-state index is 5.57. The fraction of sp³-hybridized carbons (Fsp3) is 1.00. The van der Waals surface area contributed by atoms with Crippen molar-refractivity contribution in [2.45, 2.75) is 40.0 Å². The van der Waals surface area contributed by atoms with Gasteiger partial charge in [-0.2, -0.15) is 0 Å². The summed E-state index contributed by atoms with van der Waals surface area (Å²) in [7, 11) is 0. The fourth-order valence-corrected chi connectivity index (χ4v) is 1.58. The van der Waals surface area contributed by atoms with E-state index in [4.69, 9.17) is 11.5 Å². The largest absolute Gasteiger partial charge is 0.330 e. The molecule has 74 valence electrons. The lowest BCUT2D eigenvalue weighted by Crippen LogP contribution is -2.24. The second-order valence-corrected chi connectivity index (χ2v) is 4.57. The van der Waals surface area contributed by atoms with Crippen molar-refractivity contribution in [2.24, 2.45) is 22.8 Å². The zero-order valence-electron chi connectivity index (χ0n) is 8.77. The molecule has 0 aliphatic rings. The topological polar surface area (TPSA) is 52.0 Å². The third kappa shape index (κ3) is 4.73. The number of rotatable bonds is 5. The van der Waals surface area contributed by atoms with Gasteiger partial charge in [0.2, 0.25) is 0 Å². The highest BCUT2D eigenvalue weighted by molar-refractivity contribution is 4.74. The van der Waals surface area contributed by atoms with Crippen LogP contribution in [0.25, 0.3) is 0 Å². The van der Waals surface area contributed by atoms with Crippen molar-refractivity contribution in [3.63, 3.8) is 0 Å². The Morgan fingerprint density at radius 2 is 1.58 bits per heavy atom. The van der Waals surface area contributed by atoms with Crippen LogP contribution >= 0.6 is 0 Å². The molecule has 0 amide bonds. The summed E-state index contributed by atoms with van der Waals surface area (Å²) >= 11 is 0. The van der Waals surface area contributed by atoms with Crippen LogP contribution in [-0.2, 0) is 0 Å². The van der Waals surface area contributed by atoms with E-state index < -0.39 is 0 Å². The molecule has 0 spiro atoms. The number of hydrogen-bond acceptors (Lipinski definition) is 2. The lowest BCUT2D eigenvalue weighted by atomic mass is 9.76. The molecule has 12 heavy (non-hydrogen) atoms. The monoisotopic (exact) mass is 172 g/mol. The maximum Gasteiger partial charge on any atom is -0.00744 e. The molecule has 0 saturated heterocycles. The van der Waals surface area contributed by atoms with Gasteiger partial charge in [-0.05, 0) is 43.7 Å². The summed E-state index contributed by atoms with van der Waals surface area (Å²) in [6, 6.07) is 0. The first kappa shape index (κ1) is 11.9. The van der Waals surface area contributed by atoms with Gasteiger partial charge < -0.3 is 11.5 Å². The van der Waals surface area contributed by atoms with E-state index in [2.05, 4.69) is 20.8 Å². The fourth-order valence-electron chi connectivity index (χ4n) is 1.58. The lowest BCUT2D eigenvalue weighted by Gasteiger charge is -2.30. The zero-order valence-corrected chi connectivity index (χ0v) is 8.77. The molecule has 0 aliphatic carbocycles. The molecule has 1 atom stereocenters. The molecular formula is C10H24N2. The minimum atomic E-state index is 0.383. The Kier molecular flexibility index (Phi) is 5.51. The molecule has 0 aromatic carbocycles. The predicted octanol–water partition coefficient (Wildman–Crippen LogP) is 1.74. The minimum Gasteiger partial charge on any atom is -0.330 e. The average Bonchev–Trinajstić information content (AvgIpc) is 1.95. The van der Waals surface area contributed by atoms with E-state index in [-0.39, 0.29) is 0 Å². The highest BCUT2D eigenvalue weighted by atomic mass is 14.5. The van der Waals surface area contributed by atoms with Crippen LogP contribution in [0.3, 0.4) is 0 Å². The van der Waals surface area contributed by atoms with Crippen molar-refractivity contribution in [1.29, 1.82) is 0 Å². The summed E-state index contributed by atoms with van der Waals surface area (Å²) in [6.45, 7) is 8.45. The first-order valence-corrected chi connectivity index (χ1v) is 4.92. The van der Waals surface area contributed by atoms with Crippen molar-refractivity contribution in [3.05, 3.63) is 0 Å². The third-order valence-electron chi connectivity index (χ3n) is 2.50. The summed E-state index contributed by atoms with van der Waals surface area (Å²) in [5.74, 6) is 0.728. The molecule has 0 saturated carbocycles. The summed E-state index contributed by atoms with van der Waals surface area (Å²) in [5, 5.41) is 0. The molecule has 0 aromatic heterocycles. The van der Waals surface area contributed by atoms with E-state index in [0.29, 0.717) is 5.41 Å². The van der Waals surface area contributed by atoms with Gasteiger partial charge in [-0.15, -0.1) is 0 Å². The molecule has 0 bridgehead atoms. The second-order valence-electron chi connectivity index (χ2n) is 4.57. The third-order valence-corrected chi connectivity index (χ3v) is 2.50. The van der Waals surface area contributed by atoms with Crippen LogP contribution < -0.4 is 11.5 Å². The first-order valence-electron chi connectivity index (χ1n) is 4.92. The van der Waals surface area contributed by atoms with Gasteiger partial charge in [0, 0.05) is 0 Å². The Hall–Kier alpha value is -0.0800. The molecule has 0 aliphatic heterocycles. The van der Waals surface area contributed by atoms with Crippen molar-refractivity contribution < 1.29 is 0 Å². The van der Waals surface area contributed by atoms with Gasteiger partial charge in [-0.3, -0.25) is 0 Å². The van der Waals surface area contributed by atoms with E-state index in [1.807, 2.05) is 0 Å². The predicted molar refractivity (Wildman–Crippen MR) is 54.9 cm³/mol. The molecule has 0 heterocycles. The molecule has 1 unspecified atom stereocenters. The summed E-state index contributed by atoms with van der Waals surface area (Å²) < 4.78 is 0. The van der Waals surface area contributed by atoms with Crippen LogP contribution in [0.15, 0.2) is 0 Å². The van der Waals surface area contributed by atoms with Crippen LogP contribution in [0.2, 0.25) is 0 Å². The van der Waals surface area contributed by atoms with Gasteiger partial charge in [0.1, 0.15) is 0 Å². The lowest BCUT2D eigenvalue weighted by molar-refractivity contribution is 0.212. The standard InChI is InChI=1S/C10H24N2/c1-10(2,3)9(6-8-12)5-4-7-11/h9H,4-8,11-12H2,1-3H3. The molecule has 4 N–H and O–H groups in total. The van der Waals surface area contributed by atoms with Crippen LogP contribution in [0, 0.1) is 11.3 Å². The Bertz CT molecular complexity index is 105. The van der Waals surface area contributed by atoms with Gasteiger partial charge in [-0.1, -0.05) is 20.8 Å². The van der Waals surface area contributed by atoms with Crippen molar-refractivity contribution in [2.75, 3.05) is 13.1 Å². The summed E-state index contributed by atoms with van der Waals surface area (Å²) in [4.78, 5) is 0. The van der Waals surface area contributed by atoms with Crippen LogP contribution in [0.1, 0.15) is 40.0 Å². The molecule has 0 fully saturated rings. The summed E-state index contributed by atoms with van der Waals surface area (Å²) in [5.41, 5.74) is 11.4. The molecule has 2 nitrogen and oxygen atoms in total. The molecule has 0 aromatic rings. The van der Waals surface area contributed by atoms with E-state index in [9.17, 15) is 0 Å². The zero-order chi connectivity index (χ0) is 9.61. The highest BCUT2D eigenvalue weighted by Crippen LogP contribution is 2.31. The van der Waals surface area contributed by atoms with Gasteiger partial charge in [-0.25, -0.2) is 0 Å². The summed E-state index contributed by atoms with van der Waals surface area (Å²) in [6.07, 6.45) is 3.47. The Morgan fingerprint density at radius 1 is 1.00 bits per heavy atom. The smallest absolute Gasteiger partial charge is 0.00744 e. The van der Waals surface area contributed by atoms with Gasteiger partial charge >= 0.3 is 0 Å². The van der Waals surface area contributed by atoms with Crippen LogP contribution in [0.5, 0.6) is 0 Å². The molecule has 2 heteroatoms. The highest BCUT2D eigenvalue weighted by Gasteiger charge is 2.22. The Balaban J connectivity index is 3.86. The van der Waals surface area contributed by atoms with E-state index in [1.54, 1.807) is 0 Å². The van der Waals surface area contributed by atoms with E-state index in [0.717, 1.165) is 31.8 Å². The average molecular weight is 172 g/mol. The normalized spacial score (nSPS) is 14.8. The Labute approximate surface area is 76.7 Å². The van der Waals surface area contributed by atoms with Gasteiger partial charge in [0.15, 0.2) is 0 Å². The van der Waals surface area contributed by atoms with Crippen molar-refractivity contribution >= 4 is 0 Å². The molecule has 0 radical (unpaired) electrons. The second kappa shape index (κ2) is 5.55. The first-order chi connectivity index (χ1) is 5.52. The van der Waals surface area contributed by atoms with Crippen molar-refractivity contribution in [3.8, 4) is 0 Å². The quantitative estimate of drug-likeness (QED) is 0.663. The number of hydrogen-bond donors (Lipinski definition) is 2. The molecular weight excluding hydrogens is 148 g/mol. The maximum atomic E-state index is 5.57. The minimum absolute atomic E-state index is 0.383. The van der Waals surface area contributed by atoms with Crippen LogP contribution in [-0.4, -0.2) is 13.1 Å². The van der Waals surface area contributed by atoms with Gasteiger partial charge in [0.05, 0.1) is 0 Å². The van der Waals surface area contributed by atoms with E-state index >= 15 is 0 Å². The SMILES string of the molecule is CC(C)(C)C(CCN)CCCN. The van der Waals surface area contributed by atoms with Crippen molar-refractivity contribution in [1.82, 2.24) is 0 Å². The van der Waals surface area contributed by atoms with Crippen LogP contribution in [0.4, 0.5) is 0 Å². The molecule has 0 rings (SSSR count). The van der Waals surface area contributed by atoms with E-state index in [1.165, 1.54) is 6.42 Å². The Morgan fingerprint density at radius 3 is 1.92 bits per heavy atom.